The maximum Gasteiger partial charge on any atom is 0.235 e. The van der Waals surface area contributed by atoms with Crippen molar-refractivity contribution in [1.82, 2.24) is 19.1 Å². The van der Waals surface area contributed by atoms with Gasteiger partial charge in [0, 0.05) is 43.7 Å². The predicted molar refractivity (Wildman–Crippen MR) is 240 cm³/mol. The smallest absolute Gasteiger partial charge is 0.235 e. The summed E-state index contributed by atoms with van der Waals surface area (Å²) in [6.45, 7) is 0. The maximum absolute atomic E-state index is 5.63. The molecule has 0 unspecified atom stereocenters. The summed E-state index contributed by atoms with van der Waals surface area (Å²) in [4.78, 5) is 11.2. The Morgan fingerprint density at radius 2 is 0.912 bits per heavy atom. The van der Waals surface area contributed by atoms with E-state index in [-0.39, 0.29) is 0 Å². The van der Waals surface area contributed by atoms with Gasteiger partial charge in [-0.15, -0.1) is 11.3 Å². The van der Waals surface area contributed by atoms with Crippen molar-refractivity contribution in [3.05, 3.63) is 194 Å². The summed E-state index contributed by atoms with van der Waals surface area (Å²) < 4.78 is 7.25. The average molecular weight is 745 g/mol. The van der Waals surface area contributed by atoms with Crippen LogP contribution in [0.3, 0.4) is 0 Å². The van der Waals surface area contributed by atoms with E-state index in [1.165, 1.54) is 42.0 Å². The predicted octanol–water partition coefficient (Wildman–Crippen LogP) is 14.0. The fourth-order valence-electron chi connectivity index (χ4n) is 8.80. The van der Waals surface area contributed by atoms with Crippen LogP contribution in [0.5, 0.6) is 0 Å². The van der Waals surface area contributed by atoms with Gasteiger partial charge in [0.2, 0.25) is 5.95 Å². The van der Waals surface area contributed by atoms with E-state index in [0.29, 0.717) is 5.95 Å². The Labute approximate surface area is 332 Å². The van der Waals surface area contributed by atoms with Crippen molar-refractivity contribution in [1.29, 1.82) is 0 Å². The van der Waals surface area contributed by atoms with Gasteiger partial charge in [-0.1, -0.05) is 158 Å². The number of nitrogens with zero attached hydrogens (tertiary/aromatic N) is 4. The first-order valence-corrected chi connectivity index (χ1v) is 20.1. The Hall–Kier alpha value is -7.34. The van der Waals surface area contributed by atoms with E-state index in [1.807, 2.05) is 11.3 Å². The fraction of sp³-hybridized carbons (Fsp3) is 0. The highest BCUT2D eigenvalue weighted by Gasteiger charge is 2.25. The maximum atomic E-state index is 5.63. The molecule has 0 amide bonds. The van der Waals surface area contributed by atoms with E-state index >= 15 is 0 Å². The van der Waals surface area contributed by atoms with Gasteiger partial charge in [-0.05, 0) is 53.1 Å². The summed E-state index contributed by atoms with van der Waals surface area (Å²) in [5.74, 6) is 0.651. The van der Waals surface area contributed by atoms with Crippen molar-refractivity contribution in [2.24, 2.45) is 0 Å². The minimum Gasteiger partial charge on any atom is -0.308 e. The molecule has 0 atom stereocenters. The molecule has 0 fully saturated rings. The number of benzene rings is 8. The molecule has 0 N–H and O–H groups in total. The highest BCUT2D eigenvalue weighted by Crippen LogP contribution is 2.47. The van der Waals surface area contributed by atoms with Gasteiger partial charge in [0.15, 0.2) is 0 Å². The average Bonchev–Trinajstić information content (AvgIpc) is 3.94. The second-order valence-corrected chi connectivity index (χ2v) is 15.6. The molecule has 0 aliphatic carbocycles. The molecule has 4 aromatic heterocycles. The Kier molecular flexibility index (Phi) is 7.06. The van der Waals surface area contributed by atoms with E-state index in [4.69, 9.17) is 9.97 Å². The molecular formula is C52H32N4S. The number of para-hydroxylation sites is 3. The lowest BCUT2D eigenvalue weighted by atomic mass is 9.94. The number of thiophene rings is 1. The molecule has 4 nitrogen and oxygen atoms in total. The van der Waals surface area contributed by atoms with Crippen molar-refractivity contribution >= 4 is 75.3 Å². The van der Waals surface area contributed by atoms with Crippen LogP contribution in [0.15, 0.2) is 194 Å². The second-order valence-electron chi connectivity index (χ2n) is 14.5. The van der Waals surface area contributed by atoms with Crippen molar-refractivity contribution in [2.45, 2.75) is 0 Å². The molecule has 5 heteroatoms. The Balaban J connectivity index is 1.24. The van der Waals surface area contributed by atoms with Crippen molar-refractivity contribution in [3.63, 3.8) is 0 Å². The fourth-order valence-corrected chi connectivity index (χ4v) is 10.2. The third-order valence-corrected chi connectivity index (χ3v) is 12.6. The summed E-state index contributed by atoms with van der Waals surface area (Å²) in [7, 11) is 0. The largest absolute Gasteiger partial charge is 0.308 e. The van der Waals surface area contributed by atoms with E-state index in [9.17, 15) is 0 Å². The summed E-state index contributed by atoms with van der Waals surface area (Å²) in [5.41, 5.74) is 13.1. The van der Waals surface area contributed by atoms with Gasteiger partial charge in [0.05, 0.1) is 42.7 Å². The lowest BCUT2D eigenvalue weighted by molar-refractivity contribution is 1.02. The van der Waals surface area contributed by atoms with Gasteiger partial charge in [0.25, 0.3) is 0 Å². The number of hydrogen-bond donors (Lipinski definition) is 0. The topological polar surface area (TPSA) is 35.6 Å². The van der Waals surface area contributed by atoms with Crippen LogP contribution in [-0.4, -0.2) is 19.1 Å². The molecule has 8 aromatic carbocycles. The van der Waals surface area contributed by atoms with Gasteiger partial charge in [-0.3, -0.25) is 4.57 Å². The Morgan fingerprint density at radius 3 is 1.63 bits per heavy atom. The molecule has 12 aromatic rings. The first kappa shape index (κ1) is 32.0. The number of aromatic nitrogens is 4. The van der Waals surface area contributed by atoms with Crippen molar-refractivity contribution in [2.75, 3.05) is 0 Å². The van der Waals surface area contributed by atoms with Crippen LogP contribution < -0.4 is 0 Å². The van der Waals surface area contributed by atoms with Gasteiger partial charge >= 0.3 is 0 Å². The summed E-state index contributed by atoms with van der Waals surface area (Å²) >= 11 is 1.87. The molecular weight excluding hydrogens is 713 g/mol. The lowest BCUT2D eigenvalue weighted by Gasteiger charge is -2.16. The minimum atomic E-state index is 0.651. The summed E-state index contributed by atoms with van der Waals surface area (Å²) in [6.07, 6.45) is 0. The molecule has 266 valence electrons. The lowest BCUT2D eigenvalue weighted by Crippen LogP contribution is -2.04. The van der Waals surface area contributed by atoms with E-state index in [1.54, 1.807) is 0 Å². The van der Waals surface area contributed by atoms with Crippen LogP contribution in [0.4, 0.5) is 0 Å². The first-order valence-electron chi connectivity index (χ1n) is 19.3. The van der Waals surface area contributed by atoms with Crippen LogP contribution in [-0.2, 0) is 0 Å². The quantitative estimate of drug-likeness (QED) is 0.176. The van der Waals surface area contributed by atoms with Crippen molar-refractivity contribution < 1.29 is 0 Å². The zero-order valence-electron chi connectivity index (χ0n) is 30.7. The van der Waals surface area contributed by atoms with Crippen LogP contribution in [0.1, 0.15) is 0 Å². The zero-order valence-corrected chi connectivity index (χ0v) is 31.5. The Morgan fingerprint density at radius 1 is 0.368 bits per heavy atom. The van der Waals surface area contributed by atoms with Crippen LogP contribution >= 0.6 is 11.3 Å². The van der Waals surface area contributed by atoms with Gasteiger partial charge < -0.3 is 4.57 Å². The van der Waals surface area contributed by atoms with E-state index < -0.39 is 0 Å². The number of hydrogen-bond acceptors (Lipinski definition) is 3. The molecule has 0 aliphatic heterocycles. The van der Waals surface area contributed by atoms with E-state index in [0.717, 1.165) is 61.1 Å². The second kappa shape index (κ2) is 12.6. The standard InChI is InChI=1S/C52H32N4S/c1-5-17-33(18-6-1)36-31-42(34-19-7-2-8-20-34)47-43(32-36)46(35-21-9-3-10-22-35)53-52(54-47)56-44-27-15-13-25-38(44)39-29-30-41-49-50(57-51(41)48(39)56)40-26-14-16-28-45(40)55(49)37-23-11-4-12-24-37/h1-32H. The molecule has 0 bridgehead atoms. The molecule has 57 heavy (non-hydrogen) atoms. The highest BCUT2D eigenvalue weighted by molar-refractivity contribution is 7.27. The number of rotatable bonds is 5. The van der Waals surface area contributed by atoms with Crippen LogP contribution in [0.25, 0.3) is 109 Å². The van der Waals surface area contributed by atoms with Crippen LogP contribution in [0, 0.1) is 0 Å². The summed E-state index contributed by atoms with van der Waals surface area (Å²) in [6, 6.07) is 69.2. The molecule has 0 spiro atoms. The van der Waals surface area contributed by atoms with Crippen molar-refractivity contribution in [3.8, 4) is 45.1 Å². The van der Waals surface area contributed by atoms with Crippen LogP contribution in [0.2, 0.25) is 0 Å². The molecule has 0 radical (unpaired) electrons. The number of fused-ring (bicyclic) bond motifs is 10. The molecule has 0 saturated heterocycles. The first-order chi connectivity index (χ1) is 28.3. The normalized spacial score (nSPS) is 11.9. The molecule has 0 saturated carbocycles. The zero-order chi connectivity index (χ0) is 37.5. The summed E-state index contributed by atoms with van der Waals surface area (Å²) in [5, 5.41) is 5.85. The monoisotopic (exact) mass is 744 g/mol. The third-order valence-electron chi connectivity index (χ3n) is 11.3. The minimum absolute atomic E-state index is 0.651. The van der Waals surface area contributed by atoms with Gasteiger partial charge in [-0.25, -0.2) is 9.97 Å². The highest BCUT2D eigenvalue weighted by atomic mass is 32.1. The van der Waals surface area contributed by atoms with E-state index in [2.05, 4.69) is 203 Å². The third kappa shape index (κ3) is 4.86. The van der Waals surface area contributed by atoms with Gasteiger partial charge in [-0.2, -0.15) is 0 Å². The Bertz CT molecular complexity index is 3490. The van der Waals surface area contributed by atoms with Gasteiger partial charge in [0.1, 0.15) is 0 Å². The molecule has 12 rings (SSSR count). The molecule has 4 heterocycles. The molecule has 0 aliphatic rings. The SMILES string of the molecule is c1ccc(-c2cc(-c3ccccc3)c3nc(-n4c5ccccc5c5ccc6c(sc7c8ccccc8n(-c8ccccc8)c67)c54)nc(-c4ccccc4)c3c2)cc1.